The van der Waals surface area contributed by atoms with Crippen LogP contribution in [0.5, 0.6) is 0 Å². The Kier molecular flexibility index (Phi) is 4.85. The van der Waals surface area contributed by atoms with Crippen molar-refractivity contribution in [3.05, 3.63) is 35.0 Å². The first-order chi connectivity index (χ1) is 11.3. The van der Waals surface area contributed by atoms with Crippen molar-refractivity contribution in [1.29, 1.82) is 0 Å². The van der Waals surface area contributed by atoms with Gasteiger partial charge >= 0.3 is 0 Å². The fourth-order valence-electron chi connectivity index (χ4n) is 2.90. The van der Waals surface area contributed by atoms with Crippen molar-refractivity contribution in [3.63, 3.8) is 0 Å². The van der Waals surface area contributed by atoms with Gasteiger partial charge in [0.15, 0.2) is 5.76 Å². The minimum atomic E-state index is -3.12. The predicted octanol–water partition coefficient (Wildman–Crippen LogP) is 2.49. The summed E-state index contributed by atoms with van der Waals surface area (Å²) in [6.45, 7) is 1.51. The molecule has 3 rings (SSSR count). The van der Waals surface area contributed by atoms with Gasteiger partial charge in [0.2, 0.25) is 10.0 Å². The minimum Gasteiger partial charge on any atom is -0.451 e. The summed E-state index contributed by atoms with van der Waals surface area (Å²) < 4.78 is 30.0. The smallest absolute Gasteiger partial charge is 0.287 e. The van der Waals surface area contributed by atoms with E-state index in [-0.39, 0.29) is 17.6 Å². The zero-order valence-corrected chi connectivity index (χ0v) is 14.9. The number of halogens is 1. The van der Waals surface area contributed by atoms with Crippen molar-refractivity contribution >= 4 is 38.5 Å². The van der Waals surface area contributed by atoms with Gasteiger partial charge in [-0.2, -0.15) is 0 Å². The second-order valence-electron chi connectivity index (χ2n) is 6.11. The molecular formula is C16H19ClN2O4S. The summed E-state index contributed by atoms with van der Waals surface area (Å²) in [5, 5.41) is 4.24. The van der Waals surface area contributed by atoms with E-state index in [4.69, 9.17) is 16.0 Å². The van der Waals surface area contributed by atoms with E-state index in [2.05, 4.69) is 5.32 Å². The Morgan fingerprint density at radius 2 is 2.04 bits per heavy atom. The quantitative estimate of drug-likeness (QED) is 0.896. The molecule has 1 saturated heterocycles. The number of benzene rings is 1. The molecule has 1 aromatic heterocycles. The van der Waals surface area contributed by atoms with Crippen LogP contribution in [-0.2, 0) is 10.0 Å². The summed E-state index contributed by atoms with van der Waals surface area (Å²) >= 11 is 5.93. The van der Waals surface area contributed by atoms with Gasteiger partial charge in [0.25, 0.3) is 5.91 Å². The molecule has 1 aliphatic rings. The van der Waals surface area contributed by atoms with Gasteiger partial charge in [0.1, 0.15) is 5.58 Å². The highest BCUT2D eigenvalue weighted by Crippen LogP contribution is 2.23. The molecule has 0 atom stereocenters. The van der Waals surface area contributed by atoms with E-state index in [0.29, 0.717) is 30.2 Å². The first kappa shape index (κ1) is 17.3. The van der Waals surface area contributed by atoms with E-state index in [1.54, 1.807) is 24.3 Å². The van der Waals surface area contributed by atoms with Crippen molar-refractivity contribution in [3.8, 4) is 0 Å². The van der Waals surface area contributed by atoms with E-state index in [1.165, 1.54) is 10.6 Å². The fourth-order valence-corrected chi connectivity index (χ4v) is 3.95. The van der Waals surface area contributed by atoms with Gasteiger partial charge in [-0.15, -0.1) is 0 Å². The number of hydrogen-bond donors (Lipinski definition) is 1. The normalized spacial score (nSPS) is 17.2. The van der Waals surface area contributed by atoms with Gasteiger partial charge in [0.05, 0.1) is 6.26 Å². The van der Waals surface area contributed by atoms with Gasteiger partial charge in [0, 0.05) is 30.0 Å². The van der Waals surface area contributed by atoms with Crippen LogP contribution in [0.1, 0.15) is 23.4 Å². The van der Waals surface area contributed by atoms with Crippen LogP contribution in [0.15, 0.2) is 28.7 Å². The lowest BCUT2D eigenvalue weighted by molar-refractivity contribution is 0.0916. The van der Waals surface area contributed by atoms with Gasteiger partial charge in [-0.05, 0) is 43.0 Å². The van der Waals surface area contributed by atoms with Gasteiger partial charge in [-0.25, -0.2) is 12.7 Å². The predicted molar refractivity (Wildman–Crippen MR) is 92.7 cm³/mol. The maximum absolute atomic E-state index is 12.2. The lowest BCUT2D eigenvalue weighted by Crippen LogP contribution is -2.41. The highest BCUT2D eigenvalue weighted by atomic mass is 35.5. The highest BCUT2D eigenvalue weighted by Gasteiger charge is 2.25. The Labute approximate surface area is 145 Å². The molecule has 2 heterocycles. The number of rotatable bonds is 4. The average Bonchev–Trinajstić information content (AvgIpc) is 2.95. The number of nitrogens with zero attached hydrogens (tertiary/aromatic N) is 1. The molecule has 0 bridgehead atoms. The summed E-state index contributed by atoms with van der Waals surface area (Å²) in [6, 6.07) is 6.86. The number of piperidine rings is 1. The third-order valence-electron chi connectivity index (χ3n) is 4.30. The molecule has 1 aromatic carbocycles. The molecule has 1 aliphatic heterocycles. The highest BCUT2D eigenvalue weighted by molar-refractivity contribution is 7.88. The average molecular weight is 371 g/mol. The molecule has 1 N–H and O–H groups in total. The molecule has 0 radical (unpaired) electrons. The largest absolute Gasteiger partial charge is 0.451 e. The van der Waals surface area contributed by atoms with Crippen molar-refractivity contribution < 1.29 is 17.6 Å². The van der Waals surface area contributed by atoms with E-state index in [1.807, 2.05) is 0 Å². The summed E-state index contributed by atoms with van der Waals surface area (Å²) in [5.41, 5.74) is 0.617. The van der Waals surface area contributed by atoms with Crippen LogP contribution in [0, 0.1) is 5.92 Å². The molecule has 1 fully saturated rings. The maximum Gasteiger partial charge on any atom is 0.287 e. The molecule has 0 saturated carbocycles. The van der Waals surface area contributed by atoms with Crippen LogP contribution >= 0.6 is 11.6 Å². The van der Waals surface area contributed by atoms with E-state index in [9.17, 15) is 13.2 Å². The standard InChI is InChI=1S/C16H19ClN2O4S/c1-24(21,22)19-6-4-11(5-7-19)10-18-16(20)15-9-12-8-13(17)2-3-14(12)23-15/h2-3,8-9,11H,4-7,10H2,1H3,(H,18,20). The van der Waals surface area contributed by atoms with Gasteiger partial charge in [-0.1, -0.05) is 11.6 Å². The molecular weight excluding hydrogens is 352 g/mol. The maximum atomic E-state index is 12.2. The topological polar surface area (TPSA) is 79.6 Å². The van der Waals surface area contributed by atoms with Crippen molar-refractivity contribution in [2.75, 3.05) is 25.9 Å². The van der Waals surface area contributed by atoms with Crippen LogP contribution in [-0.4, -0.2) is 44.5 Å². The van der Waals surface area contributed by atoms with Crippen LogP contribution in [0.3, 0.4) is 0 Å². The summed E-state index contributed by atoms with van der Waals surface area (Å²) in [6.07, 6.45) is 2.70. The number of carbonyl (C=O) groups is 1. The Hall–Kier alpha value is -1.57. The number of hydrogen-bond acceptors (Lipinski definition) is 4. The lowest BCUT2D eigenvalue weighted by Gasteiger charge is -2.30. The zero-order valence-electron chi connectivity index (χ0n) is 13.3. The van der Waals surface area contributed by atoms with E-state index in [0.717, 1.165) is 18.2 Å². The van der Waals surface area contributed by atoms with E-state index >= 15 is 0 Å². The van der Waals surface area contributed by atoms with Crippen molar-refractivity contribution in [2.24, 2.45) is 5.92 Å². The zero-order chi connectivity index (χ0) is 17.3. The summed E-state index contributed by atoms with van der Waals surface area (Å²) in [4.78, 5) is 12.2. The number of fused-ring (bicyclic) bond motifs is 1. The first-order valence-electron chi connectivity index (χ1n) is 7.75. The summed E-state index contributed by atoms with van der Waals surface area (Å²) in [7, 11) is -3.12. The van der Waals surface area contributed by atoms with Crippen LogP contribution in [0.4, 0.5) is 0 Å². The monoisotopic (exact) mass is 370 g/mol. The summed E-state index contributed by atoms with van der Waals surface area (Å²) in [5.74, 6) is 0.250. The molecule has 24 heavy (non-hydrogen) atoms. The number of sulfonamides is 1. The van der Waals surface area contributed by atoms with Crippen molar-refractivity contribution in [2.45, 2.75) is 12.8 Å². The first-order valence-corrected chi connectivity index (χ1v) is 9.98. The third-order valence-corrected chi connectivity index (χ3v) is 5.83. The van der Waals surface area contributed by atoms with Gasteiger partial charge < -0.3 is 9.73 Å². The molecule has 130 valence electrons. The number of amides is 1. The number of carbonyl (C=O) groups excluding carboxylic acids is 1. The molecule has 2 aromatic rings. The van der Waals surface area contributed by atoms with E-state index < -0.39 is 10.0 Å². The van der Waals surface area contributed by atoms with Crippen LogP contribution in [0.25, 0.3) is 11.0 Å². The van der Waals surface area contributed by atoms with Gasteiger partial charge in [-0.3, -0.25) is 4.79 Å². The SMILES string of the molecule is CS(=O)(=O)N1CCC(CNC(=O)c2cc3cc(Cl)ccc3o2)CC1. The lowest BCUT2D eigenvalue weighted by atomic mass is 9.98. The molecule has 8 heteroatoms. The second-order valence-corrected chi connectivity index (χ2v) is 8.53. The molecule has 1 amide bonds. The van der Waals surface area contributed by atoms with Crippen LogP contribution in [0.2, 0.25) is 5.02 Å². The second kappa shape index (κ2) is 6.74. The number of nitrogens with one attached hydrogen (secondary N) is 1. The van der Waals surface area contributed by atoms with Crippen molar-refractivity contribution in [1.82, 2.24) is 9.62 Å². The Morgan fingerprint density at radius 3 is 2.71 bits per heavy atom. The third kappa shape index (κ3) is 3.91. The molecule has 0 aliphatic carbocycles. The molecule has 0 spiro atoms. The Bertz CT molecular complexity index is 854. The Balaban J connectivity index is 1.56. The van der Waals surface area contributed by atoms with Crippen LogP contribution < -0.4 is 5.32 Å². The fraction of sp³-hybridized carbons (Fsp3) is 0.438. The molecule has 0 unspecified atom stereocenters. The minimum absolute atomic E-state index is 0.251. The Morgan fingerprint density at radius 1 is 1.33 bits per heavy atom. The number of furan rings is 1. The molecule has 6 nitrogen and oxygen atoms in total.